The van der Waals surface area contributed by atoms with E-state index in [1.165, 1.54) is 0 Å². The summed E-state index contributed by atoms with van der Waals surface area (Å²) in [6.45, 7) is 1.06. The fraction of sp³-hybridized carbons (Fsp3) is 0.318. The Labute approximate surface area is 189 Å². The highest BCUT2D eigenvalue weighted by Crippen LogP contribution is 2.25. The quantitative estimate of drug-likeness (QED) is 0.308. The van der Waals surface area contributed by atoms with E-state index in [0.717, 1.165) is 5.52 Å². The van der Waals surface area contributed by atoms with E-state index in [-0.39, 0.29) is 42.2 Å². The first-order valence-electron chi connectivity index (χ1n) is 10.8. The van der Waals surface area contributed by atoms with E-state index < -0.39 is 0 Å². The summed E-state index contributed by atoms with van der Waals surface area (Å²) in [6.07, 6.45) is 3.16. The van der Waals surface area contributed by atoms with Crippen molar-refractivity contribution >= 4 is 53.1 Å². The van der Waals surface area contributed by atoms with E-state index in [2.05, 4.69) is 19.9 Å². The van der Waals surface area contributed by atoms with Crippen LogP contribution in [0.15, 0.2) is 35.3 Å². The number of nitrogens with one attached hydrogen (secondary N) is 2. The predicted octanol–water partition coefficient (Wildman–Crippen LogP) is 0.803. The van der Waals surface area contributed by atoms with Gasteiger partial charge in [-0.15, -0.1) is 0 Å². The van der Waals surface area contributed by atoms with Gasteiger partial charge in [0, 0.05) is 43.7 Å². The van der Waals surface area contributed by atoms with Crippen LogP contribution >= 0.6 is 0 Å². The molecule has 4 aromatic rings. The number of hydrogen-bond donors (Lipinski definition) is 3. The van der Waals surface area contributed by atoms with Crippen LogP contribution in [0.25, 0.3) is 22.2 Å². The van der Waals surface area contributed by atoms with Crippen molar-refractivity contribution in [3.8, 4) is 0 Å². The Kier molecular flexibility index (Phi) is 5.23. The highest BCUT2D eigenvalue weighted by molar-refractivity contribution is 6.38. The van der Waals surface area contributed by atoms with Crippen molar-refractivity contribution in [3.63, 3.8) is 0 Å². The summed E-state index contributed by atoms with van der Waals surface area (Å²) < 4.78 is 1.73. The zero-order chi connectivity index (χ0) is 23.1. The van der Waals surface area contributed by atoms with Crippen LogP contribution in [0.1, 0.15) is 42.1 Å². The van der Waals surface area contributed by atoms with Gasteiger partial charge < -0.3 is 15.6 Å². The summed E-state index contributed by atoms with van der Waals surface area (Å²) >= 11 is 0. The second-order valence-corrected chi connectivity index (χ2v) is 8.29. The molecule has 1 aromatic carbocycles. The maximum absolute atomic E-state index is 12.7. The molecule has 2 radical (unpaired) electrons. The molecule has 0 spiro atoms. The van der Waals surface area contributed by atoms with Gasteiger partial charge in [-0.1, -0.05) is 11.5 Å². The summed E-state index contributed by atoms with van der Waals surface area (Å²) in [7, 11) is 5.98. The monoisotopic (exact) mass is 443 g/mol. The molecular formula is C22H22BN7O3. The van der Waals surface area contributed by atoms with Gasteiger partial charge in [-0.25, -0.2) is 14.8 Å². The van der Waals surface area contributed by atoms with Gasteiger partial charge in [0.05, 0.1) is 16.6 Å². The topological polar surface area (TPSA) is 143 Å². The second-order valence-electron chi connectivity index (χ2n) is 8.29. The molecule has 0 unspecified atom stereocenters. The number of nitrogen functional groups attached to an aromatic ring is 1. The van der Waals surface area contributed by atoms with Gasteiger partial charge in [-0.2, -0.15) is 0 Å². The maximum atomic E-state index is 12.7. The first-order chi connectivity index (χ1) is 15.9. The Morgan fingerprint density at radius 3 is 2.76 bits per heavy atom. The fourth-order valence-electron chi connectivity index (χ4n) is 4.54. The average molecular weight is 443 g/mol. The first-order valence-corrected chi connectivity index (χ1v) is 10.8. The Morgan fingerprint density at radius 1 is 1.18 bits per heavy atom. The van der Waals surface area contributed by atoms with Crippen molar-refractivity contribution < 1.29 is 9.59 Å². The molecule has 4 heterocycles. The average Bonchev–Trinajstić information content (AvgIpc) is 3.35. The number of likely N-dealkylation sites (tertiary alicyclic amines) is 1. The number of carbonyl (C=O) groups is 2. The minimum absolute atomic E-state index is 0.00215. The third kappa shape index (κ3) is 3.90. The standard InChI is InChI=1S/C22H22BN7O3/c23-14-10-12(11-15-19(14)27-21(24)26-15)17(31)3-4-18(32)29-8-5-13(6-9-29)30-16-2-1-7-25-20(16)28-22(30)33/h1-2,7,10-11,13H,3-6,8-9H2,(H3,24,26,27)(H,25,28,33). The molecule has 1 aliphatic rings. The van der Waals surface area contributed by atoms with Gasteiger partial charge in [0.1, 0.15) is 7.85 Å². The number of imidazole rings is 2. The lowest BCUT2D eigenvalue weighted by Gasteiger charge is -2.32. The van der Waals surface area contributed by atoms with Crippen molar-refractivity contribution in [1.29, 1.82) is 0 Å². The van der Waals surface area contributed by atoms with Gasteiger partial charge in [-0.05, 0) is 31.0 Å². The van der Waals surface area contributed by atoms with Gasteiger partial charge >= 0.3 is 5.69 Å². The van der Waals surface area contributed by atoms with Crippen LogP contribution in [0.5, 0.6) is 0 Å². The number of aromatic nitrogens is 5. The Balaban J connectivity index is 1.20. The highest BCUT2D eigenvalue weighted by atomic mass is 16.2. The number of carbonyl (C=O) groups excluding carboxylic acids is 2. The molecule has 11 heteroatoms. The second kappa shape index (κ2) is 8.23. The molecule has 1 aliphatic heterocycles. The number of anilines is 1. The first kappa shape index (κ1) is 21.0. The summed E-state index contributed by atoms with van der Waals surface area (Å²) in [4.78, 5) is 53.5. The van der Waals surface area contributed by atoms with Gasteiger partial charge in [-0.3, -0.25) is 19.1 Å². The number of fused-ring (bicyclic) bond motifs is 2. The molecule has 1 saturated heterocycles. The van der Waals surface area contributed by atoms with Crippen LogP contribution in [0, 0.1) is 0 Å². The van der Waals surface area contributed by atoms with Crippen LogP contribution in [-0.2, 0) is 4.79 Å². The summed E-state index contributed by atoms with van der Waals surface area (Å²) in [6, 6.07) is 6.88. The van der Waals surface area contributed by atoms with Crippen LogP contribution in [-0.4, -0.2) is 62.0 Å². The Morgan fingerprint density at radius 2 is 1.97 bits per heavy atom. The predicted molar refractivity (Wildman–Crippen MR) is 125 cm³/mol. The normalized spacial score (nSPS) is 14.8. The van der Waals surface area contributed by atoms with E-state index in [1.54, 1.807) is 33.9 Å². The largest absolute Gasteiger partial charge is 0.369 e. The number of Topliss-reactive ketones (excluding diaryl/α,β-unsaturated/α-hetero) is 1. The molecule has 0 aliphatic carbocycles. The van der Waals surface area contributed by atoms with Crippen LogP contribution in [0.3, 0.4) is 0 Å². The van der Waals surface area contributed by atoms with Crippen molar-refractivity contribution in [1.82, 2.24) is 29.4 Å². The lowest BCUT2D eigenvalue weighted by Crippen LogP contribution is -2.40. The van der Waals surface area contributed by atoms with E-state index >= 15 is 0 Å². The minimum Gasteiger partial charge on any atom is -0.369 e. The number of amides is 1. The molecule has 166 valence electrons. The highest BCUT2D eigenvalue weighted by Gasteiger charge is 2.26. The molecule has 5 rings (SSSR count). The number of hydrogen-bond acceptors (Lipinski definition) is 6. The van der Waals surface area contributed by atoms with E-state index in [9.17, 15) is 14.4 Å². The minimum atomic E-state index is -0.186. The molecule has 33 heavy (non-hydrogen) atoms. The van der Waals surface area contributed by atoms with Crippen LogP contribution in [0.4, 0.5) is 5.95 Å². The smallest absolute Gasteiger partial charge is 0.327 e. The number of rotatable bonds is 5. The number of nitrogens with two attached hydrogens (primary N) is 1. The van der Waals surface area contributed by atoms with Gasteiger partial charge in [0.25, 0.3) is 0 Å². The summed E-state index contributed by atoms with van der Waals surface area (Å²) in [5.74, 6) is -0.0153. The zero-order valence-corrected chi connectivity index (χ0v) is 17.9. The molecule has 10 nitrogen and oxygen atoms in total. The number of pyridine rings is 1. The maximum Gasteiger partial charge on any atom is 0.327 e. The number of nitrogens with zero attached hydrogens (tertiary/aromatic N) is 4. The van der Waals surface area contributed by atoms with Crippen molar-refractivity contribution in [2.75, 3.05) is 18.8 Å². The third-order valence-electron chi connectivity index (χ3n) is 6.19. The van der Waals surface area contributed by atoms with Crippen molar-refractivity contribution in [2.24, 2.45) is 0 Å². The van der Waals surface area contributed by atoms with E-state index in [0.29, 0.717) is 53.6 Å². The zero-order valence-electron chi connectivity index (χ0n) is 17.9. The molecule has 1 amide bonds. The number of H-pyrrole nitrogens is 2. The van der Waals surface area contributed by atoms with Gasteiger partial charge in [0.15, 0.2) is 17.4 Å². The molecule has 0 atom stereocenters. The number of piperidine rings is 1. The molecular weight excluding hydrogens is 421 g/mol. The van der Waals surface area contributed by atoms with Gasteiger partial charge in [0.2, 0.25) is 5.91 Å². The molecule has 0 bridgehead atoms. The van der Waals surface area contributed by atoms with Crippen molar-refractivity contribution in [2.45, 2.75) is 31.7 Å². The molecule has 1 fully saturated rings. The SMILES string of the molecule is [B]c1cc(C(=O)CCC(=O)N2CCC(n3c(=O)[nH]c4ncccc43)CC2)cc2[nH]c(N)nc12. The molecule has 0 saturated carbocycles. The van der Waals surface area contributed by atoms with Crippen LogP contribution < -0.4 is 16.9 Å². The lowest BCUT2D eigenvalue weighted by atomic mass is 9.91. The Bertz CT molecular complexity index is 1430. The fourth-order valence-corrected chi connectivity index (χ4v) is 4.54. The van der Waals surface area contributed by atoms with Crippen molar-refractivity contribution in [3.05, 3.63) is 46.5 Å². The van der Waals surface area contributed by atoms with Crippen LogP contribution in [0.2, 0.25) is 0 Å². The molecule has 4 N–H and O–H groups in total. The lowest BCUT2D eigenvalue weighted by molar-refractivity contribution is -0.132. The number of benzene rings is 1. The summed E-state index contributed by atoms with van der Waals surface area (Å²) in [5.41, 5.74) is 8.70. The summed E-state index contributed by atoms with van der Waals surface area (Å²) in [5, 5.41) is 0. The Hall–Kier alpha value is -3.89. The third-order valence-corrected chi connectivity index (χ3v) is 6.19. The van der Waals surface area contributed by atoms with E-state index in [4.69, 9.17) is 13.6 Å². The number of ketones is 1. The number of aromatic amines is 2. The molecule has 3 aromatic heterocycles. The van der Waals surface area contributed by atoms with E-state index in [1.807, 2.05) is 6.07 Å².